The van der Waals surface area contributed by atoms with Crippen molar-refractivity contribution in [3.05, 3.63) is 57.9 Å². The number of amides is 1. The van der Waals surface area contributed by atoms with Crippen molar-refractivity contribution in [2.75, 3.05) is 25.2 Å². The summed E-state index contributed by atoms with van der Waals surface area (Å²) < 4.78 is 14.5. The molecule has 0 bridgehead atoms. The summed E-state index contributed by atoms with van der Waals surface area (Å²) in [6.07, 6.45) is 5.19. The fourth-order valence-electron chi connectivity index (χ4n) is 2.99. The van der Waals surface area contributed by atoms with E-state index in [0.717, 1.165) is 39.6 Å². The minimum absolute atomic E-state index is 0.327. The number of ether oxygens (including phenoxy) is 2. The Morgan fingerprint density at radius 2 is 2.03 bits per heavy atom. The van der Waals surface area contributed by atoms with Crippen LogP contribution in [0.25, 0.3) is 16.3 Å². The first kappa shape index (κ1) is 20.1. The van der Waals surface area contributed by atoms with Gasteiger partial charge in [0.05, 0.1) is 10.2 Å². The van der Waals surface area contributed by atoms with E-state index >= 15 is 0 Å². The van der Waals surface area contributed by atoms with Crippen molar-refractivity contribution in [2.45, 2.75) is 6.54 Å². The molecule has 0 saturated heterocycles. The van der Waals surface area contributed by atoms with Crippen LogP contribution in [0.5, 0.6) is 11.5 Å². The maximum absolute atomic E-state index is 12.5. The van der Waals surface area contributed by atoms with Crippen molar-refractivity contribution >= 4 is 56.9 Å². The molecule has 0 saturated carbocycles. The number of carbonyl (C=O) groups excluding carboxylic acids is 1. The summed E-state index contributed by atoms with van der Waals surface area (Å²) in [6, 6.07) is 11.3. The number of thiazole rings is 1. The fourth-order valence-corrected chi connectivity index (χ4v) is 4.63. The second kappa shape index (κ2) is 9.07. The molecule has 0 fully saturated rings. The van der Waals surface area contributed by atoms with Gasteiger partial charge < -0.3 is 14.0 Å². The Labute approximate surface area is 181 Å². The van der Waals surface area contributed by atoms with Gasteiger partial charge in [0.1, 0.15) is 13.2 Å². The van der Waals surface area contributed by atoms with E-state index in [-0.39, 0.29) is 5.91 Å². The number of hydrogen-bond donors (Lipinski definition) is 0. The molecule has 29 heavy (non-hydrogen) atoms. The number of nitrogens with zero attached hydrogens (tertiary/aromatic N) is 2. The zero-order chi connectivity index (χ0) is 20.2. The van der Waals surface area contributed by atoms with Crippen molar-refractivity contribution in [2.24, 2.45) is 4.99 Å². The molecule has 0 N–H and O–H groups in total. The van der Waals surface area contributed by atoms with Crippen LogP contribution in [0.4, 0.5) is 0 Å². The van der Waals surface area contributed by atoms with Crippen molar-refractivity contribution in [1.82, 2.24) is 4.57 Å². The van der Waals surface area contributed by atoms with Gasteiger partial charge in [0.2, 0.25) is 0 Å². The number of aromatic nitrogens is 1. The fraction of sp³-hybridized carbons (Fsp3) is 0.238. The van der Waals surface area contributed by atoms with Crippen LogP contribution in [0.3, 0.4) is 0 Å². The molecule has 1 aliphatic heterocycles. The Bertz CT molecular complexity index is 1150. The van der Waals surface area contributed by atoms with Gasteiger partial charge in [-0.15, -0.1) is 0 Å². The zero-order valence-corrected chi connectivity index (χ0v) is 18.1. The van der Waals surface area contributed by atoms with Gasteiger partial charge in [0.25, 0.3) is 5.91 Å². The van der Waals surface area contributed by atoms with Gasteiger partial charge in [-0.3, -0.25) is 4.79 Å². The van der Waals surface area contributed by atoms with Crippen LogP contribution in [0.1, 0.15) is 5.56 Å². The summed E-state index contributed by atoms with van der Waals surface area (Å²) in [5.74, 6) is 2.05. The third kappa shape index (κ3) is 4.52. The molecule has 3 aromatic rings. The number of fused-ring (bicyclic) bond motifs is 2. The number of thioether (sulfide) groups is 1. The number of carbonyl (C=O) groups is 1. The Morgan fingerprint density at radius 1 is 1.28 bits per heavy atom. The van der Waals surface area contributed by atoms with Crippen LogP contribution in [0, 0.1) is 0 Å². The van der Waals surface area contributed by atoms with Gasteiger partial charge >= 0.3 is 0 Å². The highest BCUT2D eigenvalue weighted by Crippen LogP contribution is 2.35. The van der Waals surface area contributed by atoms with Crippen LogP contribution >= 0.6 is 34.7 Å². The van der Waals surface area contributed by atoms with Crippen LogP contribution in [0.15, 0.2) is 47.5 Å². The lowest BCUT2D eigenvalue weighted by molar-refractivity contribution is -0.113. The molecule has 150 valence electrons. The van der Waals surface area contributed by atoms with Crippen LogP contribution < -0.4 is 14.3 Å². The van der Waals surface area contributed by atoms with E-state index in [0.29, 0.717) is 23.0 Å². The Balaban J connectivity index is 1.73. The molecule has 0 unspecified atom stereocenters. The largest absolute Gasteiger partial charge is 0.486 e. The van der Waals surface area contributed by atoms with E-state index in [1.54, 1.807) is 23.9 Å². The molecule has 0 aliphatic carbocycles. The molecule has 1 aliphatic rings. The average molecular weight is 447 g/mol. The van der Waals surface area contributed by atoms with E-state index in [2.05, 4.69) is 15.8 Å². The van der Waals surface area contributed by atoms with E-state index in [4.69, 9.17) is 21.1 Å². The molecular formula is C21H19ClN2O3S2. The van der Waals surface area contributed by atoms with Crippen molar-refractivity contribution in [1.29, 1.82) is 0 Å². The molecule has 0 spiro atoms. The molecule has 1 aromatic heterocycles. The molecule has 2 aromatic carbocycles. The highest BCUT2D eigenvalue weighted by atomic mass is 35.5. The highest BCUT2D eigenvalue weighted by molar-refractivity contribution is 7.98. The van der Waals surface area contributed by atoms with Crippen LogP contribution in [0.2, 0.25) is 5.02 Å². The van der Waals surface area contributed by atoms with E-state index < -0.39 is 0 Å². The van der Waals surface area contributed by atoms with E-state index in [1.807, 2.05) is 30.3 Å². The van der Waals surface area contributed by atoms with Gasteiger partial charge in [-0.1, -0.05) is 41.1 Å². The van der Waals surface area contributed by atoms with Crippen LogP contribution in [-0.4, -0.2) is 35.7 Å². The van der Waals surface area contributed by atoms with Gasteiger partial charge in [-0.05, 0) is 24.0 Å². The standard InChI is InChI=1S/C21H19ClN2O3S2/c1-28-11-8-24-16-12-17-18(27-10-9-26-17)13-19(16)29-21(24)23-20(25)7-6-14-4-2-3-5-15(14)22/h2-7,12-13H,8-11H2,1H3/b7-6+,23-21?. The summed E-state index contributed by atoms with van der Waals surface area (Å²) >= 11 is 9.36. The van der Waals surface area contributed by atoms with E-state index in [9.17, 15) is 4.79 Å². The molecule has 8 heteroatoms. The Hall–Kier alpha value is -2.22. The Morgan fingerprint density at radius 3 is 2.79 bits per heavy atom. The first-order chi connectivity index (χ1) is 14.2. The van der Waals surface area contributed by atoms with Gasteiger partial charge in [-0.2, -0.15) is 16.8 Å². The topological polar surface area (TPSA) is 52.8 Å². The first-order valence-electron chi connectivity index (χ1n) is 9.09. The molecule has 5 nitrogen and oxygen atoms in total. The van der Waals surface area contributed by atoms with Crippen LogP contribution in [-0.2, 0) is 11.3 Å². The molecule has 0 atom stereocenters. The average Bonchev–Trinajstić information content (AvgIpc) is 3.05. The molecule has 4 rings (SSSR count). The summed E-state index contributed by atoms with van der Waals surface area (Å²) in [5, 5.41) is 0.596. The van der Waals surface area contributed by atoms with Crippen molar-refractivity contribution in [3.8, 4) is 11.5 Å². The minimum atomic E-state index is -0.327. The highest BCUT2D eigenvalue weighted by Gasteiger charge is 2.16. The molecule has 2 heterocycles. The Kier molecular flexibility index (Phi) is 6.28. The smallest absolute Gasteiger partial charge is 0.272 e. The summed E-state index contributed by atoms with van der Waals surface area (Å²) in [5.41, 5.74) is 1.78. The normalized spacial score (nSPS) is 14.1. The number of rotatable bonds is 5. The number of halogens is 1. The lowest BCUT2D eigenvalue weighted by atomic mass is 10.2. The van der Waals surface area contributed by atoms with Gasteiger partial charge in [-0.25, -0.2) is 0 Å². The quantitative estimate of drug-likeness (QED) is 0.536. The van der Waals surface area contributed by atoms with E-state index in [1.165, 1.54) is 17.4 Å². The lowest BCUT2D eigenvalue weighted by Crippen LogP contribution is -2.18. The third-order valence-electron chi connectivity index (χ3n) is 4.38. The van der Waals surface area contributed by atoms with Gasteiger partial charge in [0.15, 0.2) is 16.3 Å². The predicted octanol–water partition coefficient (Wildman–Crippen LogP) is 4.63. The predicted molar refractivity (Wildman–Crippen MR) is 120 cm³/mol. The second-order valence-corrected chi connectivity index (χ2v) is 8.70. The summed E-state index contributed by atoms with van der Waals surface area (Å²) in [6.45, 7) is 1.83. The maximum atomic E-state index is 12.5. The molecular weight excluding hydrogens is 428 g/mol. The maximum Gasteiger partial charge on any atom is 0.272 e. The number of benzene rings is 2. The summed E-state index contributed by atoms with van der Waals surface area (Å²) in [4.78, 5) is 17.5. The summed E-state index contributed by atoms with van der Waals surface area (Å²) in [7, 11) is 0. The van der Waals surface area contributed by atoms with Crippen molar-refractivity contribution in [3.63, 3.8) is 0 Å². The van der Waals surface area contributed by atoms with Gasteiger partial charge in [0, 0.05) is 35.5 Å². The number of aryl methyl sites for hydroxylation is 1. The molecule has 0 radical (unpaired) electrons. The number of hydrogen-bond acceptors (Lipinski definition) is 5. The molecule has 1 amide bonds. The van der Waals surface area contributed by atoms with Crippen molar-refractivity contribution < 1.29 is 14.3 Å². The zero-order valence-electron chi connectivity index (χ0n) is 15.8. The minimum Gasteiger partial charge on any atom is -0.486 e. The third-order valence-corrected chi connectivity index (χ3v) is 6.36. The monoisotopic (exact) mass is 446 g/mol. The lowest BCUT2D eigenvalue weighted by Gasteiger charge is -2.18. The SMILES string of the molecule is CSCCn1c(=NC(=O)/C=C/c2ccccc2Cl)sc2cc3c(cc21)OCCO3. The second-order valence-electron chi connectivity index (χ2n) is 6.30. The first-order valence-corrected chi connectivity index (χ1v) is 11.7.